The number of nitro groups is 1. The summed E-state index contributed by atoms with van der Waals surface area (Å²) in [5.74, 6) is -1.31. The summed E-state index contributed by atoms with van der Waals surface area (Å²) in [6.45, 7) is 0. The highest BCUT2D eigenvalue weighted by molar-refractivity contribution is 5.76. The topological polar surface area (TPSA) is 115 Å². The lowest BCUT2D eigenvalue weighted by Crippen LogP contribution is -2.31. The molecule has 0 saturated heterocycles. The van der Waals surface area contributed by atoms with Gasteiger partial charge in [-0.25, -0.2) is 9.78 Å². The normalized spacial score (nSPS) is 11.8. The number of carboxylic acid groups (broad SMARTS) is 1. The summed E-state index contributed by atoms with van der Waals surface area (Å²) >= 11 is 0. The molecule has 102 valence electrons. The van der Waals surface area contributed by atoms with E-state index in [-0.39, 0.29) is 0 Å². The third-order valence-corrected chi connectivity index (χ3v) is 2.67. The lowest BCUT2D eigenvalue weighted by Gasteiger charge is -2.14. The summed E-state index contributed by atoms with van der Waals surface area (Å²) in [4.78, 5) is 36.7. The fourth-order valence-electron chi connectivity index (χ4n) is 1.78. The van der Waals surface area contributed by atoms with Crippen molar-refractivity contribution in [3.05, 3.63) is 68.9 Å². The number of hydrogen-bond donors (Lipinski definition) is 1. The van der Waals surface area contributed by atoms with Gasteiger partial charge in [-0.1, -0.05) is 30.3 Å². The Kier molecular flexibility index (Phi) is 3.56. The number of benzene rings is 1. The minimum atomic E-state index is -1.36. The molecule has 1 heterocycles. The smallest absolute Gasteiger partial charge is 0.352 e. The van der Waals surface area contributed by atoms with E-state index in [9.17, 15) is 24.8 Å². The molecule has 0 saturated carbocycles. The average Bonchev–Trinajstić information content (AvgIpc) is 2.41. The third-order valence-electron chi connectivity index (χ3n) is 2.67. The Morgan fingerprint density at radius 3 is 2.55 bits per heavy atom. The molecule has 0 fully saturated rings. The van der Waals surface area contributed by atoms with Crippen molar-refractivity contribution < 1.29 is 14.8 Å². The van der Waals surface area contributed by atoms with E-state index < -0.39 is 28.2 Å². The van der Waals surface area contributed by atoms with E-state index in [1.54, 1.807) is 18.2 Å². The number of rotatable bonds is 4. The molecule has 0 spiro atoms. The lowest BCUT2D eigenvalue weighted by molar-refractivity contribution is -0.386. The van der Waals surface area contributed by atoms with Crippen LogP contribution in [-0.4, -0.2) is 25.6 Å². The number of carbonyl (C=O) groups is 1. The molecule has 0 aliphatic rings. The van der Waals surface area contributed by atoms with Gasteiger partial charge in [0.1, 0.15) is 6.20 Å². The van der Waals surface area contributed by atoms with Crippen LogP contribution >= 0.6 is 0 Å². The maximum Gasteiger partial charge on any atom is 0.352 e. The van der Waals surface area contributed by atoms with Crippen LogP contribution in [0.15, 0.2) is 47.7 Å². The van der Waals surface area contributed by atoms with Gasteiger partial charge in [0.2, 0.25) is 0 Å². The molecule has 2 aromatic rings. The largest absolute Gasteiger partial charge is 0.479 e. The first-order valence-corrected chi connectivity index (χ1v) is 5.50. The summed E-state index contributed by atoms with van der Waals surface area (Å²) in [6.07, 6.45) is 1.77. The highest BCUT2D eigenvalue weighted by Crippen LogP contribution is 2.17. The molecule has 1 atom stereocenters. The van der Waals surface area contributed by atoms with Gasteiger partial charge < -0.3 is 5.11 Å². The van der Waals surface area contributed by atoms with E-state index >= 15 is 0 Å². The number of aromatic nitrogens is 2. The summed E-state index contributed by atoms with van der Waals surface area (Å²) < 4.78 is 0.732. The minimum absolute atomic E-state index is 0.324. The van der Waals surface area contributed by atoms with E-state index in [1.165, 1.54) is 12.1 Å². The zero-order valence-corrected chi connectivity index (χ0v) is 10.0. The van der Waals surface area contributed by atoms with Crippen molar-refractivity contribution in [3.8, 4) is 0 Å². The van der Waals surface area contributed by atoms with E-state index in [0.717, 1.165) is 17.1 Å². The fraction of sp³-hybridized carbons (Fsp3) is 0.0833. The number of carboxylic acids is 1. The van der Waals surface area contributed by atoms with Gasteiger partial charge in [0, 0.05) is 0 Å². The number of nitrogens with zero attached hydrogens (tertiary/aromatic N) is 3. The highest BCUT2D eigenvalue weighted by atomic mass is 16.6. The maximum absolute atomic E-state index is 11.9. The van der Waals surface area contributed by atoms with Crippen LogP contribution in [0, 0.1) is 10.1 Å². The molecule has 0 aliphatic heterocycles. The van der Waals surface area contributed by atoms with Gasteiger partial charge in [-0.2, -0.15) is 0 Å². The Labute approximate surface area is 112 Å². The van der Waals surface area contributed by atoms with E-state index in [2.05, 4.69) is 4.98 Å². The first-order chi connectivity index (χ1) is 9.52. The zero-order valence-electron chi connectivity index (χ0n) is 10.0. The van der Waals surface area contributed by atoms with Gasteiger partial charge in [0.15, 0.2) is 6.04 Å². The Hall–Kier alpha value is -3.03. The second-order valence-corrected chi connectivity index (χ2v) is 3.90. The number of aliphatic carboxylic acids is 1. The van der Waals surface area contributed by atoms with Crippen LogP contribution in [0.1, 0.15) is 11.6 Å². The SMILES string of the molecule is O=C(O)C(c1ccccc1)n1cncc([N+](=O)[O-])c1=O. The van der Waals surface area contributed by atoms with Crippen LogP contribution in [0.25, 0.3) is 0 Å². The Morgan fingerprint density at radius 2 is 2.00 bits per heavy atom. The first kappa shape index (κ1) is 13.4. The third kappa shape index (κ3) is 2.39. The zero-order chi connectivity index (χ0) is 14.7. The summed E-state index contributed by atoms with van der Waals surface area (Å²) in [6, 6.07) is 6.59. The highest BCUT2D eigenvalue weighted by Gasteiger charge is 2.26. The maximum atomic E-state index is 11.9. The van der Waals surface area contributed by atoms with E-state index in [4.69, 9.17) is 0 Å². The van der Waals surface area contributed by atoms with E-state index in [0.29, 0.717) is 5.56 Å². The van der Waals surface area contributed by atoms with Crippen molar-refractivity contribution in [1.29, 1.82) is 0 Å². The Balaban J connectivity index is 2.63. The quantitative estimate of drug-likeness (QED) is 0.652. The van der Waals surface area contributed by atoms with Crippen LogP contribution in [0.2, 0.25) is 0 Å². The lowest BCUT2D eigenvalue weighted by atomic mass is 10.1. The van der Waals surface area contributed by atoms with Crippen LogP contribution in [-0.2, 0) is 4.79 Å². The molecule has 2 rings (SSSR count). The minimum Gasteiger partial charge on any atom is -0.479 e. The van der Waals surface area contributed by atoms with Gasteiger partial charge in [-0.15, -0.1) is 0 Å². The molecule has 1 aromatic carbocycles. The van der Waals surface area contributed by atoms with E-state index in [1.807, 2.05) is 0 Å². The van der Waals surface area contributed by atoms with Crippen molar-refractivity contribution in [1.82, 2.24) is 9.55 Å². The first-order valence-electron chi connectivity index (χ1n) is 5.50. The van der Waals surface area contributed by atoms with Crippen molar-refractivity contribution in [3.63, 3.8) is 0 Å². The molecular formula is C12H9N3O5. The van der Waals surface area contributed by atoms with Crippen molar-refractivity contribution in [2.45, 2.75) is 6.04 Å². The standard InChI is InChI=1S/C12H9N3O5/c16-11-9(15(19)20)6-13-7-14(11)10(12(17)18)8-4-2-1-3-5-8/h1-7,10H,(H,17,18). The van der Waals surface area contributed by atoms with Crippen LogP contribution < -0.4 is 5.56 Å². The van der Waals surface area contributed by atoms with Crippen molar-refractivity contribution >= 4 is 11.7 Å². The fourth-order valence-corrected chi connectivity index (χ4v) is 1.78. The number of hydrogen-bond acceptors (Lipinski definition) is 5. The molecule has 8 nitrogen and oxygen atoms in total. The van der Waals surface area contributed by atoms with Gasteiger partial charge in [-0.05, 0) is 5.56 Å². The Morgan fingerprint density at radius 1 is 1.35 bits per heavy atom. The van der Waals surface area contributed by atoms with Crippen LogP contribution in [0.3, 0.4) is 0 Å². The van der Waals surface area contributed by atoms with Crippen molar-refractivity contribution in [2.24, 2.45) is 0 Å². The molecular weight excluding hydrogens is 266 g/mol. The van der Waals surface area contributed by atoms with Gasteiger partial charge in [0.05, 0.1) is 11.3 Å². The molecule has 1 unspecified atom stereocenters. The second-order valence-electron chi connectivity index (χ2n) is 3.90. The summed E-state index contributed by atoms with van der Waals surface area (Å²) in [7, 11) is 0. The molecule has 1 N–H and O–H groups in total. The molecule has 8 heteroatoms. The molecule has 20 heavy (non-hydrogen) atoms. The second kappa shape index (κ2) is 5.31. The van der Waals surface area contributed by atoms with Crippen LogP contribution in [0.5, 0.6) is 0 Å². The summed E-state index contributed by atoms with van der Waals surface area (Å²) in [5.41, 5.74) is -1.46. The van der Waals surface area contributed by atoms with Crippen LogP contribution in [0.4, 0.5) is 5.69 Å². The monoisotopic (exact) mass is 275 g/mol. The van der Waals surface area contributed by atoms with Gasteiger partial charge in [0.25, 0.3) is 0 Å². The predicted molar refractivity (Wildman–Crippen MR) is 67.4 cm³/mol. The predicted octanol–water partition coefficient (Wildman–Crippen LogP) is 0.825. The van der Waals surface area contributed by atoms with Crippen molar-refractivity contribution in [2.75, 3.05) is 0 Å². The Bertz CT molecular complexity index is 711. The molecule has 1 aromatic heterocycles. The molecule has 0 amide bonds. The van der Waals surface area contributed by atoms with Gasteiger partial charge in [-0.3, -0.25) is 19.5 Å². The molecule has 0 radical (unpaired) electrons. The molecule has 0 aliphatic carbocycles. The summed E-state index contributed by atoms with van der Waals surface area (Å²) in [5, 5.41) is 20.0. The van der Waals surface area contributed by atoms with Gasteiger partial charge >= 0.3 is 17.2 Å². The molecule has 0 bridgehead atoms. The average molecular weight is 275 g/mol.